The molecule has 5 nitrogen and oxygen atoms in total. The maximum Gasteiger partial charge on any atom is 0.234 e. The van der Waals surface area contributed by atoms with Crippen molar-refractivity contribution in [3.8, 4) is 5.75 Å². The second kappa shape index (κ2) is 8.76. The molecule has 1 amide bonds. The average Bonchev–Trinajstić information content (AvgIpc) is 3.18. The highest BCUT2D eigenvalue weighted by atomic mass is 16.5. The van der Waals surface area contributed by atoms with Gasteiger partial charge in [-0.2, -0.15) is 0 Å². The van der Waals surface area contributed by atoms with Crippen LogP contribution in [0.4, 0.5) is 0 Å². The van der Waals surface area contributed by atoms with Gasteiger partial charge in [-0.3, -0.25) is 14.6 Å². The molecule has 0 unspecified atom stereocenters. The number of hydrogen-bond acceptors (Lipinski definition) is 4. The maximum absolute atomic E-state index is 12.4. The number of hydrogen-bond donors (Lipinski definition) is 1. The zero-order valence-corrected chi connectivity index (χ0v) is 16.6. The zero-order chi connectivity index (χ0) is 19.3. The Bertz CT molecular complexity index is 801. The minimum atomic E-state index is 0.0405. The van der Waals surface area contributed by atoms with Crippen LogP contribution in [0.15, 0.2) is 48.5 Å². The standard InChI is InChI=1S/C23H29N3O2/c1-18(20-5-3-2-4-6-20)24-23(27)17-26-12-10-25(11-13-26)16-19-7-8-22-21(15-19)9-14-28-22/h2-8,15,18H,9-14,16-17H2,1H3,(H,24,27)/t18-/m0/s1. The lowest BCUT2D eigenvalue weighted by Gasteiger charge is -2.34. The number of ether oxygens (including phenoxy) is 1. The van der Waals surface area contributed by atoms with Crippen molar-refractivity contribution in [3.05, 3.63) is 65.2 Å². The van der Waals surface area contributed by atoms with Gasteiger partial charge in [0.05, 0.1) is 19.2 Å². The number of rotatable bonds is 6. The van der Waals surface area contributed by atoms with Gasteiger partial charge in [-0.05, 0) is 29.7 Å². The molecule has 1 atom stereocenters. The molecule has 1 saturated heterocycles. The Labute approximate surface area is 167 Å². The van der Waals surface area contributed by atoms with E-state index in [4.69, 9.17) is 4.74 Å². The van der Waals surface area contributed by atoms with Crippen molar-refractivity contribution in [1.82, 2.24) is 15.1 Å². The lowest BCUT2D eigenvalue weighted by molar-refractivity contribution is -0.123. The number of piperazine rings is 1. The smallest absolute Gasteiger partial charge is 0.234 e. The molecule has 28 heavy (non-hydrogen) atoms. The average molecular weight is 380 g/mol. The van der Waals surface area contributed by atoms with Gasteiger partial charge in [0.1, 0.15) is 5.75 Å². The number of fused-ring (bicyclic) bond motifs is 1. The van der Waals surface area contributed by atoms with Crippen molar-refractivity contribution >= 4 is 5.91 Å². The molecule has 1 fully saturated rings. The fraction of sp³-hybridized carbons (Fsp3) is 0.435. The van der Waals surface area contributed by atoms with Gasteiger partial charge in [0.2, 0.25) is 5.91 Å². The summed E-state index contributed by atoms with van der Waals surface area (Å²) in [4.78, 5) is 17.1. The maximum atomic E-state index is 12.4. The fourth-order valence-electron chi connectivity index (χ4n) is 4.02. The van der Waals surface area contributed by atoms with Crippen LogP contribution in [0, 0.1) is 0 Å². The van der Waals surface area contributed by atoms with Gasteiger partial charge in [-0.15, -0.1) is 0 Å². The van der Waals surface area contributed by atoms with E-state index in [1.165, 1.54) is 11.1 Å². The Morgan fingerprint density at radius 2 is 1.82 bits per heavy atom. The summed E-state index contributed by atoms with van der Waals surface area (Å²) in [6.07, 6.45) is 1.02. The molecule has 148 valence electrons. The van der Waals surface area contributed by atoms with E-state index in [9.17, 15) is 4.79 Å². The third-order valence-corrected chi connectivity index (χ3v) is 5.67. The van der Waals surface area contributed by atoms with Crippen LogP contribution in [-0.2, 0) is 17.8 Å². The SMILES string of the molecule is C[C@H](NC(=O)CN1CCN(Cc2ccc3c(c2)CCO3)CC1)c1ccccc1. The van der Waals surface area contributed by atoms with Crippen LogP contribution in [0.3, 0.4) is 0 Å². The van der Waals surface area contributed by atoms with Gasteiger partial charge < -0.3 is 10.1 Å². The van der Waals surface area contributed by atoms with E-state index in [0.29, 0.717) is 6.54 Å². The molecule has 2 heterocycles. The number of amides is 1. The van der Waals surface area contributed by atoms with E-state index < -0.39 is 0 Å². The quantitative estimate of drug-likeness (QED) is 0.838. The van der Waals surface area contributed by atoms with Crippen LogP contribution in [0.1, 0.15) is 29.7 Å². The number of carbonyl (C=O) groups excluding carboxylic acids is 1. The Morgan fingerprint density at radius 3 is 2.61 bits per heavy atom. The summed E-state index contributed by atoms with van der Waals surface area (Å²) in [6, 6.07) is 16.7. The van der Waals surface area contributed by atoms with E-state index in [1.807, 2.05) is 25.1 Å². The molecule has 2 aliphatic heterocycles. The molecule has 0 bridgehead atoms. The fourth-order valence-corrected chi connectivity index (χ4v) is 4.02. The molecule has 0 aromatic heterocycles. The molecule has 2 aromatic carbocycles. The molecule has 0 spiro atoms. The van der Waals surface area contributed by atoms with E-state index >= 15 is 0 Å². The topological polar surface area (TPSA) is 44.8 Å². The van der Waals surface area contributed by atoms with Crippen LogP contribution in [0.25, 0.3) is 0 Å². The molecule has 0 saturated carbocycles. The summed E-state index contributed by atoms with van der Waals surface area (Å²) in [6.45, 7) is 8.14. The second-order valence-electron chi connectivity index (χ2n) is 7.79. The second-order valence-corrected chi connectivity index (χ2v) is 7.79. The van der Waals surface area contributed by atoms with Crippen molar-refractivity contribution in [2.24, 2.45) is 0 Å². The molecule has 1 N–H and O–H groups in total. The van der Waals surface area contributed by atoms with E-state index in [0.717, 1.165) is 57.1 Å². The van der Waals surface area contributed by atoms with Gasteiger partial charge in [-0.25, -0.2) is 0 Å². The first kappa shape index (κ1) is 19.0. The minimum Gasteiger partial charge on any atom is -0.493 e. The molecular weight excluding hydrogens is 350 g/mol. The summed E-state index contributed by atoms with van der Waals surface area (Å²) in [5.74, 6) is 1.15. The highest BCUT2D eigenvalue weighted by molar-refractivity contribution is 5.78. The highest BCUT2D eigenvalue weighted by Crippen LogP contribution is 2.26. The Hall–Kier alpha value is -2.37. The third kappa shape index (κ3) is 4.72. The highest BCUT2D eigenvalue weighted by Gasteiger charge is 2.20. The van der Waals surface area contributed by atoms with Gasteiger partial charge in [0.15, 0.2) is 0 Å². The normalized spacial score (nSPS) is 18.3. The lowest BCUT2D eigenvalue weighted by Crippen LogP contribution is -2.49. The first-order valence-corrected chi connectivity index (χ1v) is 10.2. The van der Waals surface area contributed by atoms with Gasteiger partial charge >= 0.3 is 0 Å². The minimum absolute atomic E-state index is 0.0405. The van der Waals surface area contributed by atoms with Crippen LogP contribution in [0.5, 0.6) is 5.75 Å². The molecule has 2 aromatic rings. The van der Waals surface area contributed by atoms with Crippen molar-refractivity contribution in [1.29, 1.82) is 0 Å². The molecule has 2 aliphatic rings. The number of benzene rings is 2. The van der Waals surface area contributed by atoms with Crippen LogP contribution in [0.2, 0.25) is 0 Å². The first-order valence-electron chi connectivity index (χ1n) is 10.2. The van der Waals surface area contributed by atoms with Crippen LogP contribution < -0.4 is 10.1 Å². The van der Waals surface area contributed by atoms with Crippen LogP contribution in [-0.4, -0.2) is 55.0 Å². The van der Waals surface area contributed by atoms with Gasteiger partial charge in [0, 0.05) is 39.1 Å². The van der Waals surface area contributed by atoms with Crippen molar-refractivity contribution in [2.45, 2.75) is 25.9 Å². The van der Waals surface area contributed by atoms with Crippen molar-refractivity contribution in [2.75, 3.05) is 39.3 Å². The third-order valence-electron chi connectivity index (χ3n) is 5.67. The number of carbonyl (C=O) groups is 1. The Morgan fingerprint density at radius 1 is 1.07 bits per heavy atom. The Balaban J connectivity index is 1.21. The summed E-state index contributed by atoms with van der Waals surface area (Å²) in [7, 11) is 0. The lowest BCUT2D eigenvalue weighted by atomic mass is 10.1. The molecule has 4 rings (SSSR count). The molecular formula is C23H29N3O2. The summed E-state index contributed by atoms with van der Waals surface area (Å²) >= 11 is 0. The van der Waals surface area contributed by atoms with E-state index in [2.05, 4.69) is 45.4 Å². The van der Waals surface area contributed by atoms with Crippen LogP contribution >= 0.6 is 0 Å². The summed E-state index contributed by atoms with van der Waals surface area (Å²) in [5.41, 5.74) is 3.83. The first-order chi connectivity index (χ1) is 13.7. The largest absolute Gasteiger partial charge is 0.493 e. The van der Waals surface area contributed by atoms with Gasteiger partial charge in [-0.1, -0.05) is 42.5 Å². The van der Waals surface area contributed by atoms with E-state index in [-0.39, 0.29) is 11.9 Å². The summed E-state index contributed by atoms with van der Waals surface area (Å²) < 4.78 is 5.59. The molecule has 5 heteroatoms. The predicted octanol–water partition coefficient (Wildman–Crippen LogP) is 2.62. The summed E-state index contributed by atoms with van der Waals surface area (Å²) in [5, 5.41) is 3.11. The van der Waals surface area contributed by atoms with Gasteiger partial charge in [0.25, 0.3) is 0 Å². The molecule has 0 aliphatic carbocycles. The van der Waals surface area contributed by atoms with Crippen molar-refractivity contribution < 1.29 is 9.53 Å². The van der Waals surface area contributed by atoms with Crippen molar-refractivity contribution in [3.63, 3.8) is 0 Å². The molecule has 0 radical (unpaired) electrons. The number of nitrogens with zero attached hydrogens (tertiary/aromatic N) is 2. The number of nitrogens with one attached hydrogen (secondary N) is 1. The monoisotopic (exact) mass is 379 g/mol. The Kier molecular flexibility index (Phi) is 5.93. The zero-order valence-electron chi connectivity index (χ0n) is 16.6. The van der Waals surface area contributed by atoms with E-state index in [1.54, 1.807) is 0 Å². The predicted molar refractivity (Wildman–Crippen MR) is 110 cm³/mol.